The number of nitrogens with zero attached hydrogens (tertiary/aromatic N) is 1. The van der Waals surface area contributed by atoms with Crippen LogP contribution in [-0.4, -0.2) is 41.2 Å². The van der Waals surface area contributed by atoms with Crippen molar-refractivity contribution >= 4 is 17.7 Å². The van der Waals surface area contributed by atoms with Gasteiger partial charge in [0, 0.05) is 31.8 Å². The van der Waals surface area contributed by atoms with Crippen LogP contribution in [0.2, 0.25) is 0 Å². The number of hydrogen-bond acceptors (Lipinski definition) is 3. The minimum atomic E-state index is -0.731. The summed E-state index contributed by atoms with van der Waals surface area (Å²) in [6.07, 6.45) is 8.68. The smallest absolute Gasteiger partial charge is 0.240 e. The number of rotatable bonds is 8. The predicted molar refractivity (Wildman–Crippen MR) is 112 cm³/mol. The topological polar surface area (TPSA) is 92.5 Å². The molecule has 1 heterocycles. The summed E-state index contributed by atoms with van der Waals surface area (Å²) in [4.78, 5) is 38.8. The lowest BCUT2D eigenvalue weighted by Gasteiger charge is -2.44. The zero-order valence-electron chi connectivity index (χ0n) is 17.1. The van der Waals surface area contributed by atoms with Gasteiger partial charge in [-0.1, -0.05) is 43.2 Å². The number of amides is 3. The van der Waals surface area contributed by atoms with E-state index in [0.29, 0.717) is 31.2 Å². The molecule has 1 aliphatic carbocycles. The van der Waals surface area contributed by atoms with E-state index < -0.39 is 11.9 Å². The van der Waals surface area contributed by atoms with Gasteiger partial charge in [0.2, 0.25) is 17.7 Å². The molecule has 29 heavy (non-hydrogen) atoms. The van der Waals surface area contributed by atoms with Gasteiger partial charge in [-0.25, -0.2) is 0 Å². The van der Waals surface area contributed by atoms with E-state index in [4.69, 9.17) is 5.73 Å². The third-order valence-electron chi connectivity index (χ3n) is 6.32. The van der Waals surface area contributed by atoms with Crippen LogP contribution in [0.5, 0.6) is 0 Å². The van der Waals surface area contributed by atoms with E-state index in [0.717, 1.165) is 24.9 Å². The molecule has 1 aromatic carbocycles. The molecule has 6 heteroatoms. The normalized spacial score (nSPS) is 22.4. The number of carbonyl (C=O) groups excluding carboxylic acids is 3. The lowest BCUT2D eigenvalue weighted by atomic mass is 9.78. The molecule has 2 fully saturated rings. The number of primary amides is 1. The molecule has 1 saturated heterocycles. The third-order valence-corrected chi connectivity index (χ3v) is 6.32. The Hall–Kier alpha value is -2.37. The highest BCUT2D eigenvalue weighted by molar-refractivity contribution is 5.87. The summed E-state index contributed by atoms with van der Waals surface area (Å²) in [7, 11) is 0. The van der Waals surface area contributed by atoms with Crippen LogP contribution in [0, 0.1) is 5.92 Å². The third kappa shape index (κ3) is 6.05. The van der Waals surface area contributed by atoms with Crippen molar-refractivity contribution in [3.8, 4) is 0 Å². The number of carbonyl (C=O) groups is 3. The Morgan fingerprint density at radius 3 is 2.52 bits per heavy atom. The monoisotopic (exact) mass is 399 g/mol. The summed E-state index contributed by atoms with van der Waals surface area (Å²) in [5.74, 6) is 0.0610. The summed E-state index contributed by atoms with van der Waals surface area (Å²) in [6, 6.07) is 9.15. The van der Waals surface area contributed by atoms with Gasteiger partial charge in [-0.2, -0.15) is 0 Å². The molecule has 3 atom stereocenters. The molecule has 0 radical (unpaired) electrons. The average molecular weight is 400 g/mol. The maximum atomic E-state index is 12.7. The number of likely N-dealkylation sites (tertiary alicyclic amines) is 1. The molecule has 2 aliphatic rings. The fourth-order valence-electron chi connectivity index (χ4n) is 4.82. The zero-order valence-corrected chi connectivity index (χ0v) is 17.1. The summed E-state index contributed by atoms with van der Waals surface area (Å²) in [5.41, 5.74) is 6.40. The second-order valence-corrected chi connectivity index (χ2v) is 8.41. The minimum Gasteiger partial charge on any atom is -0.368 e. The molecular weight excluding hydrogens is 366 g/mol. The molecule has 6 nitrogen and oxygen atoms in total. The fraction of sp³-hybridized carbons (Fsp3) is 0.609. The summed E-state index contributed by atoms with van der Waals surface area (Å²) < 4.78 is 0. The summed E-state index contributed by atoms with van der Waals surface area (Å²) in [5, 5.41) is 2.73. The molecule has 1 aliphatic heterocycles. The minimum absolute atomic E-state index is 0.171. The first kappa shape index (κ1) is 21.3. The molecule has 3 unspecified atom stereocenters. The van der Waals surface area contributed by atoms with E-state index >= 15 is 0 Å². The SMILES string of the molecule is NC(=O)C(Cc1ccccc1)NC(=O)CCCC(=O)N1CCCC2CCCCC21. The Labute approximate surface area is 173 Å². The lowest BCUT2D eigenvalue weighted by Crippen LogP contribution is -2.49. The Balaban J connectivity index is 1.43. The van der Waals surface area contributed by atoms with Crippen molar-refractivity contribution in [1.82, 2.24) is 10.2 Å². The van der Waals surface area contributed by atoms with E-state index in [1.807, 2.05) is 30.3 Å². The molecule has 0 aromatic heterocycles. The van der Waals surface area contributed by atoms with Gasteiger partial charge in [0.25, 0.3) is 0 Å². The molecule has 3 amide bonds. The van der Waals surface area contributed by atoms with Crippen LogP contribution in [0.15, 0.2) is 30.3 Å². The van der Waals surface area contributed by atoms with Crippen LogP contribution >= 0.6 is 0 Å². The number of piperidine rings is 1. The molecular formula is C23H33N3O3. The second kappa shape index (κ2) is 10.4. The molecule has 0 spiro atoms. The molecule has 3 N–H and O–H groups in total. The van der Waals surface area contributed by atoms with Crippen LogP contribution in [0.25, 0.3) is 0 Å². The van der Waals surface area contributed by atoms with Crippen LogP contribution < -0.4 is 11.1 Å². The maximum absolute atomic E-state index is 12.7. The van der Waals surface area contributed by atoms with Gasteiger partial charge in [0.1, 0.15) is 6.04 Å². The molecule has 0 bridgehead atoms. The highest BCUT2D eigenvalue weighted by Gasteiger charge is 2.35. The van der Waals surface area contributed by atoms with Crippen molar-refractivity contribution < 1.29 is 14.4 Å². The number of hydrogen-bond donors (Lipinski definition) is 2. The van der Waals surface area contributed by atoms with Crippen molar-refractivity contribution in [2.45, 2.75) is 76.3 Å². The van der Waals surface area contributed by atoms with E-state index in [1.54, 1.807) is 0 Å². The predicted octanol–water partition coefficient (Wildman–Crippen LogP) is 2.55. The van der Waals surface area contributed by atoms with Gasteiger partial charge in [0.15, 0.2) is 0 Å². The van der Waals surface area contributed by atoms with Gasteiger partial charge < -0.3 is 16.0 Å². The van der Waals surface area contributed by atoms with Gasteiger partial charge in [-0.05, 0) is 43.6 Å². The molecule has 1 aromatic rings. The molecule has 3 rings (SSSR count). The standard InChI is InChI=1S/C23H33N3O3/c24-23(29)19(16-17-8-2-1-3-9-17)25-21(27)13-6-14-22(28)26-15-7-11-18-10-4-5-12-20(18)26/h1-3,8-9,18-20H,4-7,10-16H2,(H2,24,29)(H,25,27). The first-order valence-corrected chi connectivity index (χ1v) is 11.0. The van der Waals surface area contributed by atoms with Crippen molar-refractivity contribution in [3.63, 3.8) is 0 Å². The van der Waals surface area contributed by atoms with E-state index in [1.165, 1.54) is 25.7 Å². The summed E-state index contributed by atoms with van der Waals surface area (Å²) >= 11 is 0. The number of fused-ring (bicyclic) bond motifs is 1. The van der Waals surface area contributed by atoms with E-state index in [2.05, 4.69) is 10.2 Å². The van der Waals surface area contributed by atoms with Crippen molar-refractivity contribution in [3.05, 3.63) is 35.9 Å². The van der Waals surface area contributed by atoms with Crippen molar-refractivity contribution in [2.75, 3.05) is 6.54 Å². The van der Waals surface area contributed by atoms with Crippen LogP contribution in [-0.2, 0) is 20.8 Å². The zero-order chi connectivity index (χ0) is 20.6. The van der Waals surface area contributed by atoms with Crippen LogP contribution in [0.1, 0.15) is 63.4 Å². The highest BCUT2D eigenvalue weighted by Crippen LogP contribution is 2.35. The maximum Gasteiger partial charge on any atom is 0.240 e. The van der Waals surface area contributed by atoms with Crippen LogP contribution in [0.3, 0.4) is 0 Å². The average Bonchev–Trinajstić information content (AvgIpc) is 2.73. The van der Waals surface area contributed by atoms with Crippen molar-refractivity contribution in [1.29, 1.82) is 0 Å². The Bertz CT molecular complexity index is 705. The van der Waals surface area contributed by atoms with Gasteiger partial charge in [-0.15, -0.1) is 0 Å². The number of benzene rings is 1. The second-order valence-electron chi connectivity index (χ2n) is 8.41. The quantitative estimate of drug-likeness (QED) is 0.704. The van der Waals surface area contributed by atoms with Gasteiger partial charge in [-0.3, -0.25) is 14.4 Å². The molecule has 1 saturated carbocycles. The van der Waals surface area contributed by atoms with Gasteiger partial charge in [0.05, 0.1) is 0 Å². The Morgan fingerprint density at radius 1 is 1.03 bits per heavy atom. The highest BCUT2D eigenvalue weighted by atomic mass is 16.2. The van der Waals surface area contributed by atoms with E-state index in [9.17, 15) is 14.4 Å². The molecule has 158 valence electrons. The van der Waals surface area contributed by atoms with Crippen molar-refractivity contribution in [2.24, 2.45) is 11.7 Å². The first-order chi connectivity index (χ1) is 14.0. The van der Waals surface area contributed by atoms with Gasteiger partial charge >= 0.3 is 0 Å². The lowest BCUT2D eigenvalue weighted by molar-refractivity contribution is -0.137. The number of nitrogens with one attached hydrogen (secondary N) is 1. The summed E-state index contributed by atoms with van der Waals surface area (Å²) in [6.45, 7) is 0.854. The van der Waals surface area contributed by atoms with E-state index in [-0.39, 0.29) is 18.2 Å². The largest absolute Gasteiger partial charge is 0.368 e. The Morgan fingerprint density at radius 2 is 1.76 bits per heavy atom. The fourth-order valence-corrected chi connectivity index (χ4v) is 4.82. The first-order valence-electron chi connectivity index (χ1n) is 11.0. The number of nitrogens with two attached hydrogens (primary N) is 1. The Kier molecular flexibility index (Phi) is 7.67. The van der Waals surface area contributed by atoms with Crippen LogP contribution in [0.4, 0.5) is 0 Å².